The van der Waals surface area contributed by atoms with Crippen LogP contribution in [0.5, 0.6) is 0 Å². The zero-order valence-corrected chi connectivity index (χ0v) is 15.2. The number of carbonyl (C=O) groups excluding carboxylic acids is 1. The van der Waals surface area contributed by atoms with E-state index in [1.165, 1.54) is 29.5 Å². The standard InChI is InChI=1S/C20H24FNOS/c1-14(2)12-16-4-6-17(7-5-16)15(3)22-20(23)13-24-19-10-8-18(21)9-11-19/h4-11,14-15H,12-13H2,1-3H3,(H,22,23)/t15-/m1/s1. The van der Waals surface area contributed by atoms with Crippen molar-refractivity contribution < 1.29 is 9.18 Å². The highest BCUT2D eigenvalue weighted by atomic mass is 32.2. The highest BCUT2D eigenvalue weighted by Crippen LogP contribution is 2.19. The third kappa shape index (κ3) is 6.00. The molecule has 1 amide bonds. The van der Waals surface area contributed by atoms with Gasteiger partial charge in [0.2, 0.25) is 5.91 Å². The van der Waals surface area contributed by atoms with Gasteiger partial charge in [0.05, 0.1) is 11.8 Å². The second-order valence-electron chi connectivity index (χ2n) is 6.37. The predicted octanol–water partition coefficient (Wildman–Crippen LogP) is 4.99. The Balaban J connectivity index is 1.83. The molecule has 1 atom stereocenters. The fraction of sp³-hybridized carbons (Fsp3) is 0.350. The van der Waals surface area contributed by atoms with Gasteiger partial charge in [-0.1, -0.05) is 38.1 Å². The van der Waals surface area contributed by atoms with Gasteiger partial charge in [-0.05, 0) is 54.7 Å². The highest BCUT2D eigenvalue weighted by Gasteiger charge is 2.10. The zero-order valence-electron chi connectivity index (χ0n) is 14.4. The predicted molar refractivity (Wildman–Crippen MR) is 98.7 cm³/mol. The average Bonchev–Trinajstić information content (AvgIpc) is 2.54. The maximum atomic E-state index is 12.9. The first kappa shape index (κ1) is 18.5. The molecular weight excluding hydrogens is 321 g/mol. The second-order valence-corrected chi connectivity index (χ2v) is 7.42. The molecule has 0 unspecified atom stereocenters. The minimum atomic E-state index is -0.265. The van der Waals surface area contributed by atoms with E-state index in [1.807, 2.05) is 6.92 Å². The lowest BCUT2D eigenvalue weighted by molar-refractivity contribution is -0.119. The van der Waals surface area contributed by atoms with Gasteiger partial charge in [0.25, 0.3) is 0 Å². The van der Waals surface area contributed by atoms with Gasteiger partial charge in [-0.3, -0.25) is 4.79 Å². The summed E-state index contributed by atoms with van der Waals surface area (Å²) in [5, 5.41) is 3.00. The summed E-state index contributed by atoms with van der Waals surface area (Å²) in [5.74, 6) is 0.666. The van der Waals surface area contributed by atoms with Crippen LogP contribution in [-0.4, -0.2) is 11.7 Å². The maximum absolute atomic E-state index is 12.9. The maximum Gasteiger partial charge on any atom is 0.230 e. The van der Waals surface area contributed by atoms with Crippen LogP contribution in [0.1, 0.15) is 37.9 Å². The van der Waals surface area contributed by atoms with Crippen LogP contribution in [0, 0.1) is 11.7 Å². The molecule has 0 aliphatic rings. The van der Waals surface area contributed by atoms with Crippen molar-refractivity contribution >= 4 is 17.7 Å². The lowest BCUT2D eigenvalue weighted by Gasteiger charge is -2.15. The smallest absolute Gasteiger partial charge is 0.230 e. The lowest BCUT2D eigenvalue weighted by Crippen LogP contribution is -2.28. The van der Waals surface area contributed by atoms with E-state index in [1.54, 1.807) is 12.1 Å². The first-order valence-corrected chi connectivity index (χ1v) is 9.19. The van der Waals surface area contributed by atoms with Crippen LogP contribution in [0.3, 0.4) is 0 Å². The summed E-state index contributed by atoms with van der Waals surface area (Å²) >= 11 is 1.40. The van der Waals surface area contributed by atoms with E-state index in [0.29, 0.717) is 11.7 Å². The van der Waals surface area contributed by atoms with Gasteiger partial charge < -0.3 is 5.32 Å². The summed E-state index contributed by atoms with van der Waals surface area (Å²) in [6.07, 6.45) is 1.06. The molecule has 2 rings (SSSR count). The molecule has 24 heavy (non-hydrogen) atoms. The molecule has 0 fully saturated rings. The van der Waals surface area contributed by atoms with Gasteiger partial charge in [-0.2, -0.15) is 0 Å². The van der Waals surface area contributed by atoms with E-state index in [2.05, 4.69) is 43.4 Å². The van der Waals surface area contributed by atoms with Crippen molar-refractivity contribution in [2.45, 2.75) is 38.1 Å². The van der Waals surface area contributed by atoms with E-state index in [0.717, 1.165) is 16.9 Å². The molecule has 2 aromatic carbocycles. The molecule has 0 radical (unpaired) electrons. The number of rotatable bonds is 7. The van der Waals surface area contributed by atoms with Crippen LogP contribution < -0.4 is 5.32 Å². The Morgan fingerprint density at radius 3 is 2.25 bits per heavy atom. The Labute approximate surface area is 147 Å². The van der Waals surface area contributed by atoms with Crippen molar-refractivity contribution in [1.82, 2.24) is 5.32 Å². The van der Waals surface area contributed by atoms with Crippen molar-refractivity contribution in [2.24, 2.45) is 5.92 Å². The molecule has 0 aliphatic heterocycles. The topological polar surface area (TPSA) is 29.1 Å². The van der Waals surface area contributed by atoms with Crippen molar-refractivity contribution in [3.63, 3.8) is 0 Å². The summed E-state index contributed by atoms with van der Waals surface area (Å²) in [7, 11) is 0. The zero-order chi connectivity index (χ0) is 17.5. The van der Waals surface area contributed by atoms with E-state index in [4.69, 9.17) is 0 Å². The largest absolute Gasteiger partial charge is 0.349 e. The van der Waals surface area contributed by atoms with Gasteiger partial charge in [0.15, 0.2) is 0 Å². The normalized spacial score (nSPS) is 12.2. The van der Waals surface area contributed by atoms with E-state index >= 15 is 0 Å². The first-order valence-electron chi connectivity index (χ1n) is 8.20. The summed E-state index contributed by atoms with van der Waals surface area (Å²) in [5.41, 5.74) is 2.42. The number of amides is 1. The van der Waals surface area contributed by atoms with E-state index < -0.39 is 0 Å². The minimum absolute atomic E-state index is 0.0249. The van der Waals surface area contributed by atoms with Gasteiger partial charge in [0, 0.05) is 4.90 Å². The number of carbonyl (C=O) groups is 1. The Morgan fingerprint density at radius 1 is 1.04 bits per heavy atom. The molecule has 0 saturated heterocycles. The molecule has 1 N–H and O–H groups in total. The Hall–Kier alpha value is -1.81. The average molecular weight is 345 g/mol. The number of hydrogen-bond donors (Lipinski definition) is 1. The lowest BCUT2D eigenvalue weighted by atomic mass is 10.00. The van der Waals surface area contributed by atoms with Gasteiger partial charge in [-0.25, -0.2) is 4.39 Å². The van der Waals surface area contributed by atoms with Crippen molar-refractivity contribution in [3.8, 4) is 0 Å². The van der Waals surface area contributed by atoms with Crippen LogP contribution in [0.15, 0.2) is 53.4 Å². The van der Waals surface area contributed by atoms with Crippen LogP contribution in [0.2, 0.25) is 0 Å². The first-order chi connectivity index (χ1) is 11.4. The molecule has 0 saturated carbocycles. The van der Waals surface area contributed by atoms with Crippen LogP contribution in [0.25, 0.3) is 0 Å². The molecular formula is C20H24FNOS. The summed E-state index contributed by atoms with van der Waals surface area (Å²) in [6, 6.07) is 14.6. The molecule has 2 aromatic rings. The van der Waals surface area contributed by atoms with Gasteiger partial charge in [-0.15, -0.1) is 11.8 Å². The van der Waals surface area contributed by atoms with Crippen molar-refractivity contribution in [3.05, 3.63) is 65.5 Å². The molecule has 0 aliphatic carbocycles. The van der Waals surface area contributed by atoms with Gasteiger partial charge in [0.1, 0.15) is 5.82 Å². The minimum Gasteiger partial charge on any atom is -0.349 e. The third-order valence-electron chi connectivity index (χ3n) is 3.68. The molecule has 0 bridgehead atoms. The molecule has 128 valence electrons. The monoisotopic (exact) mass is 345 g/mol. The number of benzene rings is 2. The molecule has 2 nitrogen and oxygen atoms in total. The second kappa shape index (κ2) is 8.88. The summed E-state index contributed by atoms with van der Waals surface area (Å²) in [6.45, 7) is 6.39. The highest BCUT2D eigenvalue weighted by molar-refractivity contribution is 8.00. The summed E-state index contributed by atoms with van der Waals surface area (Å²) < 4.78 is 12.9. The number of hydrogen-bond acceptors (Lipinski definition) is 2. The van der Waals surface area contributed by atoms with Crippen LogP contribution >= 0.6 is 11.8 Å². The van der Waals surface area contributed by atoms with Crippen LogP contribution in [-0.2, 0) is 11.2 Å². The molecule has 4 heteroatoms. The van der Waals surface area contributed by atoms with Crippen LogP contribution in [0.4, 0.5) is 4.39 Å². The Kier molecular flexibility index (Phi) is 6.85. The third-order valence-corrected chi connectivity index (χ3v) is 4.70. The van der Waals surface area contributed by atoms with E-state index in [-0.39, 0.29) is 17.8 Å². The van der Waals surface area contributed by atoms with E-state index in [9.17, 15) is 9.18 Å². The SMILES string of the molecule is CC(C)Cc1ccc([C@@H](C)NC(=O)CSc2ccc(F)cc2)cc1. The number of thioether (sulfide) groups is 1. The molecule has 0 heterocycles. The quantitative estimate of drug-likeness (QED) is 0.716. The molecule has 0 aromatic heterocycles. The summed E-state index contributed by atoms with van der Waals surface area (Å²) in [4.78, 5) is 13.0. The Morgan fingerprint density at radius 2 is 1.67 bits per heavy atom. The fourth-order valence-corrected chi connectivity index (χ4v) is 3.17. The number of nitrogens with one attached hydrogen (secondary N) is 1. The van der Waals surface area contributed by atoms with Crippen molar-refractivity contribution in [1.29, 1.82) is 0 Å². The molecule has 0 spiro atoms. The Bertz CT molecular complexity index is 652. The number of halogens is 1. The van der Waals surface area contributed by atoms with Gasteiger partial charge >= 0.3 is 0 Å². The van der Waals surface area contributed by atoms with Crippen molar-refractivity contribution in [2.75, 3.05) is 5.75 Å². The fourth-order valence-electron chi connectivity index (χ4n) is 2.46.